The molecular formula is C18H27FN2O3. The van der Waals surface area contributed by atoms with Crippen LogP contribution in [0.1, 0.15) is 59.1 Å². The molecule has 1 fully saturated rings. The van der Waals surface area contributed by atoms with E-state index in [0.29, 0.717) is 12.8 Å². The number of benzene rings is 1. The van der Waals surface area contributed by atoms with Crippen LogP contribution in [-0.4, -0.2) is 33.3 Å². The van der Waals surface area contributed by atoms with Crippen LogP contribution < -0.4 is 5.73 Å². The van der Waals surface area contributed by atoms with Crippen molar-refractivity contribution in [2.24, 2.45) is 0 Å². The van der Waals surface area contributed by atoms with Crippen molar-refractivity contribution in [3.63, 3.8) is 0 Å². The van der Waals surface area contributed by atoms with Crippen molar-refractivity contribution in [3.05, 3.63) is 29.6 Å². The Hall–Kier alpha value is -1.82. The summed E-state index contributed by atoms with van der Waals surface area (Å²) >= 11 is 0. The fourth-order valence-electron chi connectivity index (χ4n) is 3.20. The molecule has 0 radical (unpaired) electrons. The molecule has 1 aromatic rings. The van der Waals surface area contributed by atoms with Crippen molar-refractivity contribution in [2.75, 3.05) is 5.73 Å². The van der Waals surface area contributed by atoms with Crippen molar-refractivity contribution in [3.8, 4) is 0 Å². The van der Waals surface area contributed by atoms with Crippen LogP contribution in [-0.2, 0) is 4.74 Å². The van der Waals surface area contributed by atoms with E-state index in [1.807, 2.05) is 13.8 Å². The lowest BCUT2D eigenvalue weighted by Gasteiger charge is -2.38. The third-order valence-electron chi connectivity index (χ3n) is 4.37. The number of aliphatic hydroxyl groups is 1. The van der Waals surface area contributed by atoms with Crippen LogP contribution in [0.2, 0.25) is 0 Å². The Morgan fingerprint density at radius 2 is 2.08 bits per heavy atom. The lowest BCUT2D eigenvalue weighted by molar-refractivity contribution is -0.0172. The maximum Gasteiger partial charge on any atom is 0.411 e. The molecule has 134 valence electrons. The highest BCUT2D eigenvalue weighted by Crippen LogP contribution is 2.41. The molecule has 0 bridgehead atoms. The van der Waals surface area contributed by atoms with E-state index in [-0.39, 0.29) is 11.3 Å². The molecule has 1 heterocycles. The Bertz CT molecular complexity index is 625. The third kappa shape index (κ3) is 3.64. The first kappa shape index (κ1) is 18.5. The minimum absolute atomic E-state index is 0.0207. The second kappa shape index (κ2) is 6.24. The first-order valence-electron chi connectivity index (χ1n) is 8.18. The van der Waals surface area contributed by atoms with E-state index in [4.69, 9.17) is 10.5 Å². The summed E-state index contributed by atoms with van der Waals surface area (Å²) in [6.07, 6.45) is -0.416. The van der Waals surface area contributed by atoms with Crippen LogP contribution in [0.4, 0.5) is 14.9 Å². The van der Waals surface area contributed by atoms with Crippen molar-refractivity contribution >= 4 is 11.8 Å². The molecule has 0 aliphatic carbocycles. The molecule has 3 N–H and O–H groups in total. The quantitative estimate of drug-likeness (QED) is 0.808. The number of carbonyl (C=O) groups is 1. The Balaban J connectivity index is 2.33. The predicted octanol–water partition coefficient (Wildman–Crippen LogP) is 3.62. The summed E-state index contributed by atoms with van der Waals surface area (Å²) in [5.41, 5.74) is 4.55. The predicted molar refractivity (Wildman–Crippen MR) is 90.9 cm³/mol. The number of nitrogens with two attached hydrogens (primary N) is 1. The van der Waals surface area contributed by atoms with Crippen LogP contribution >= 0.6 is 0 Å². The van der Waals surface area contributed by atoms with Crippen molar-refractivity contribution < 1.29 is 19.0 Å². The van der Waals surface area contributed by atoms with Crippen LogP contribution in [0.3, 0.4) is 0 Å². The van der Waals surface area contributed by atoms with E-state index in [9.17, 15) is 14.3 Å². The average Bonchev–Trinajstić information content (AvgIpc) is 2.75. The van der Waals surface area contributed by atoms with Gasteiger partial charge in [0.2, 0.25) is 0 Å². The van der Waals surface area contributed by atoms with Gasteiger partial charge in [0.05, 0.1) is 11.7 Å². The molecule has 2 atom stereocenters. The zero-order valence-electron chi connectivity index (χ0n) is 15.0. The zero-order chi connectivity index (χ0) is 18.3. The number of anilines is 1. The smallest absolute Gasteiger partial charge is 0.411 e. The SMILES string of the molecule is CC(C)(C)OC(=O)N1C([C@H](O)c2cccc(N)c2F)CCC1(C)C. The van der Waals surface area contributed by atoms with Gasteiger partial charge in [0.25, 0.3) is 0 Å². The number of hydrogen-bond acceptors (Lipinski definition) is 4. The molecule has 1 aromatic carbocycles. The molecular weight excluding hydrogens is 311 g/mol. The fourth-order valence-corrected chi connectivity index (χ4v) is 3.20. The summed E-state index contributed by atoms with van der Waals surface area (Å²) < 4.78 is 19.8. The van der Waals surface area contributed by atoms with E-state index in [1.54, 1.807) is 26.8 Å². The molecule has 0 aromatic heterocycles. The molecule has 1 aliphatic rings. The van der Waals surface area contributed by atoms with Crippen LogP contribution in [0, 0.1) is 5.82 Å². The molecule has 24 heavy (non-hydrogen) atoms. The van der Waals surface area contributed by atoms with Crippen LogP contribution in [0.15, 0.2) is 18.2 Å². The number of nitrogen functional groups attached to an aromatic ring is 1. The van der Waals surface area contributed by atoms with Gasteiger partial charge in [-0.05, 0) is 53.5 Å². The molecule has 1 amide bonds. The number of amides is 1. The maximum absolute atomic E-state index is 14.3. The third-order valence-corrected chi connectivity index (χ3v) is 4.37. The van der Waals surface area contributed by atoms with E-state index in [2.05, 4.69) is 0 Å². The molecule has 0 saturated carbocycles. The summed E-state index contributed by atoms with van der Waals surface area (Å²) in [4.78, 5) is 14.2. The number of hydrogen-bond donors (Lipinski definition) is 2. The van der Waals surface area contributed by atoms with Crippen molar-refractivity contribution in [2.45, 2.75) is 70.7 Å². The number of likely N-dealkylation sites (tertiary alicyclic amines) is 1. The van der Waals surface area contributed by atoms with Gasteiger partial charge in [0.15, 0.2) is 5.82 Å². The minimum Gasteiger partial charge on any atom is -0.444 e. The van der Waals surface area contributed by atoms with E-state index in [0.717, 1.165) is 0 Å². The second-order valence-corrected chi connectivity index (χ2v) is 7.96. The lowest BCUT2D eigenvalue weighted by atomic mass is 9.99. The molecule has 6 heteroatoms. The molecule has 1 aliphatic heterocycles. The zero-order valence-corrected chi connectivity index (χ0v) is 15.0. The number of carbonyl (C=O) groups excluding carboxylic acids is 1. The summed E-state index contributed by atoms with van der Waals surface area (Å²) in [5, 5.41) is 10.7. The van der Waals surface area contributed by atoms with Gasteiger partial charge in [-0.1, -0.05) is 12.1 Å². The molecule has 1 unspecified atom stereocenters. The monoisotopic (exact) mass is 338 g/mol. The standard InChI is InChI=1S/C18H27FN2O3/c1-17(2,3)24-16(23)21-13(9-10-18(21,4)5)15(22)11-7-6-8-12(20)14(11)19/h6-8,13,15,22H,9-10,20H2,1-5H3/t13?,15-/m1/s1. The number of rotatable bonds is 2. The Morgan fingerprint density at radius 1 is 1.46 bits per heavy atom. The number of aliphatic hydroxyl groups excluding tert-OH is 1. The Morgan fingerprint density at radius 3 is 2.67 bits per heavy atom. The highest BCUT2D eigenvalue weighted by Gasteiger charge is 2.47. The Labute approximate surface area is 142 Å². The van der Waals surface area contributed by atoms with Crippen molar-refractivity contribution in [1.29, 1.82) is 0 Å². The second-order valence-electron chi connectivity index (χ2n) is 7.96. The number of ether oxygens (including phenoxy) is 1. The van der Waals surface area contributed by atoms with Crippen LogP contribution in [0.25, 0.3) is 0 Å². The lowest BCUT2D eigenvalue weighted by Crippen LogP contribution is -2.50. The number of halogens is 1. The van der Waals surface area contributed by atoms with Gasteiger partial charge in [0, 0.05) is 11.1 Å². The van der Waals surface area contributed by atoms with Crippen molar-refractivity contribution in [1.82, 2.24) is 4.90 Å². The first-order chi connectivity index (χ1) is 10.9. The summed E-state index contributed by atoms with van der Waals surface area (Å²) in [5.74, 6) is -0.640. The van der Waals surface area contributed by atoms with Gasteiger partial charge < -0.3 is 15.6 Å². The van der Waals surface area contributed by atoms with E-state index < -0.39 is 35.2 Å². The highest BCUT2D eigenvalue weighted by molar-refractivity contribution is 5.70. The van der Waals surface area contributed by atoms with Gasteiger partial charge in [-0.25, -0.2) is 9.18 Å². The minimum atomic E-state index is -1.16. The van der Waals surface area contributed by atoms with Gasteiger partial charge in [0.1, 0.15) is 11.7 Å². The average molecular weight is 338 g/mol. The maximum atomic E-state index is 14.3. The van der Waals surface area contributed by atoms with Gasteiger partial charge in [-0.2, -0.15) is 0 Å². The fraction of sp³-hybridized carbons (Fsp3) is 0.611. The van der Waals surface area contributed by atoms with Gasteiger partial charge in [-0.3, -0.25) is 4.90 Å². The molecule has 5 nitrogen and oxygen atoms in total. The molecule has 0 spiro atoms. The van der Waals surface area contributed by atoms with Crippen LogP contribution in [0.5, 0.6) is 0 Å². The topological polar surface area (TPSA) is 75.8 Å². The Kier molecular flexibility index (Phi) is 4.81. The van der Waals surface area contributed by atoms with Gasteiger partial charge in [-0.15, -0.1) is 0 Å². The summed E-state index contributed by atoms with van der Waals surface area (Å²) in [6.45, 7) is 9.20. The largest absolute Gasteiger partial charge is 0.444 e. The first-order valence-corrected chi connectivity index (χ1v) is 8.18. The van der Waals surface area contributed by atoms with E-state index in [1.165, 1.54) is 17.0 Å². The normalized spacial score (nSPS) is 21.6. The molecule has 2 rings (SSSR count). The summed E-state index contributed by atoms with van der Waals surface area (Å²) in [6, 6.07) is 3.96. The summed E-state index contributed by atoms with van der Waals surface area (Å²) in [7, 11) is 0. The van der Waals surface area contributed by atoms with Gasteiger partial charge >= 0.3 is 6.09 Å². The van der Waals surface area contributed by atoms with E-state index >= 15 is 0 Å². The highest BCUT2D eigenvalue weighted by atomic mass is 19.1. The number of nitrogens with zero attached hydrogens (tertiary/aromatic N) is 1. The molecule has 1 saturated heterocycles.